The van der Waals surface area contributed by atoms with Gasteiger partial charge in [-0.1, -0.05) is 23.7 Å². The highest BCUT2D eigenvalue weighted by molar-refractivity contribution is 6.31. The van der Waals surface area contributed by atoms with E-state index in [4.69, 9.17) is 30.8 Å². The first-order valence-electron chi connectivity index (χ1n) is 15.2. The van der Waals surface area contributed by atoms with Crippen LogP contribution in [0.25, 0.3) is 22.2 Å². The Bertz CT molecular complexity index is 1600. The van der Waals surface area contributed by atoms with Gasteiger partial charge in [0.2, 0.25) is 0 Å². The normalized spacial score (nSPS) is 27.6. The molecule has 5 aliphatic heterocycles. The maximum Gasteiger partial charge on any atom is 0.508 e. The van der Waals surface area contributed by atoms with E-state index in [0.29, 0.717) is 72.8 Å². The molecule has 1 N–H and O–H groups in total. The highest BCUT2D eigenvalue weighted by Gasteiger charge is 2.49. The van der Waals surface area contributed by atoms with Crippen LogP contribution in [0, 0.1) is 5.82 Å². The van der Waals surface area contributed by atoms with Crippen LogP contribution in [0.1, 0.15) is 38.2 Å². The first-order valence-corrected chi connectivity index (χ1v) is 15.6. The lowest BCUT2D eigenvalue weighted by atomic mass is 9.95. The monoisotopic (exact) mass is 628 g/mol. The lowest BCUT2D eigenvalue weighted by Gasteiger charge is -2.33. The fourth-order valence-electron chi connectivity index (χ4n) is 7.19. The van der Waals surface area contributed by atoms with Crippen LogP contribution in [-0.4, -0.2) is 95.8 Å². The lowest BCUT2D eigenvalue weighted by molar-refractivity contribution is -0.0192. The van der Waals surface area contributed by atoms with Gasteiger partial charge in [-0.3, -0.25) is 9.88 Å². The van der Waals surface area contributed by atoms with Gasteiger partial charge in [-0.25, -0.2) is 13.6 Å². The largest absolute Gasteiger partial charge is 0.508 e. The minimum absolute atomic E-state index is 0.00115. The molecule has 234 valence electrons. The second-order valence-electron chi connectivity index (χ2n) is 12.5. The molecule has 5 aliphatic rings. The van der Waals surface area contributed by atoms with E-state index >= 15 is 4.39 Å². The summed E-state index contributed by atoms with van der Waals surface area (Å²) in [6.45, 7) is 5.02. The van der Waals surface area contributed by atoms with E-state index in [9.17, 15) is 9.18 Å². The summed E-state index contributed by atoms with van der Waals surface area (Å²) in [5.74, 6) is -0.209. The third-order valence-electron chi connectivity index (χ3n) is 9.25. The van der Waals surface area contributed by atoms with E-state index in [0.717, 1.165) is 19.4 Å². The van der Waals surface area contributed by atoms with Crippen LogP contribution >= 0.6 is 11.6 Å². The molecule has 7 heterocycles. The Morgan fingerprint density at radius 3 is 3.02 bits per heavy atom. The summed E-state index contributed by atoms with van der Waals surface area (Å²) in [4.78, 5) is 30.8. The maximum atomic E-state index is 16.6. The molecule has 3 atom stereocenters. The fourth-order valence-corrected chi connectivity index (χ4v) is 7.46. The Morgan fingerprint density at radius 2 is 2.14 bits per heavy atom. The van der Waals surface area contributed by atoms with E-state index in [1.54, 1.807) is 24.4 Å². The summed E-state index contributed by atoms with van der Waals surface area (Å²) in [7, 11) is 0. The first kappa shape index (κ1) is 29.4. The van der Waals surface area contributed by atoms with Gasteiger partial charge in [0.1, 0.15) is 35.4 Å². The SMILES string of the molecule is C[C@@]12CNCCN(C1)c1nc(OC[C@@]34CCCN3C[C@H](F)C4)nc3c(F)c(ncc13)-c1cccc(Cl)c1CCCOC(=O)O2. The van der Waals surface area contributed by atoms with Gasteiger partial charge in [-0.15, -0.1) is 0 Å². The Hall–Kier alpha value is -3.35. The van der Waals surface area contributed by atoms with Crippen molar-refractivity contribution in [3.05, 3.63) is 40.8 Å². The van der Waals surface area contributed by atoms with Crippen molar-refractivity contribution in [1.29, 1.82) is 0 Å². The van der Waals surface area contributed by atoms with Crippen LogP contribution in [-0.2, 0) is 15.9 Å². The molecule has 3 fully saturated rings. The van der Waals surface area contributed by atoms with Crippen molar-refractivity contribution in [2.45, 2.75) is 56.3 Å². The average Bonchev–Trinajstić information content (AvgIpc) is 3.44. The van der Waals surface area contributed by atoms with Crippen molar-refractivity contribution < 1.29 is 27.8 Å². The zero-order chi connectivity index (χ0) is 30.5. The number of rotatable bonds is 3. The number of nitrogens with one attached hydrogen (secondary N) is 1. The van der Waals surface area contributed by atoms with Gasteiger partial charge in [-0.05, 0) is 50.8 Å². The maximum absolute atomic E-state index is 16.6. The van der Waals surface area contributed by atoms with E-state index < -0.39 is 29.3 Å². The van der Waals surface area contributed by atoms with Crippen LogP contribution in [0.15, 0.2) is 24.4 Å². The van der Waals surface area contributed by atoms with Gasteiger partial charge in [0.25, 0.3) is 0 Å². The number of hydrogen-bond donors (Lipinski definition) is 1. The van der Waals surface area contributed by atoms with Gasteiger partial charge in [0.15, 0.2) is 5.82 Å². The smallest absolute Gasteiger partial charge is 0.461 e. The summed E-state index contributed by atoms with van der Waals surface area (Å²) in [5, 5.41) is 4.17. The Morgan fingerprint density at radius 1 is 1.25 bits per heavy atom. The van der Waals surface area contributed by atoms with Crippen LogP contribution in [0.3, 0.4) is 0 Å². The van der Waals surface area contributed by atoms with Gasteiger partial charge < -0.3 is 24.4 Å². The fraction of sp³-hybridized carbons (Fsp3) is 0.548. The zero-order valence-corrected chi connectivity index (χ0v) is 25.3. The number of benzene rings is 1. The number of nitrogens with zero attached hydrogens (tertiary/aromatic N) is 5. The Labute approximate surface area is 259 Å². The third kappa shape index (κ3) is 5.41. The molecule has 3 saturated heterocycles. The van der Waals surface area contributed by atoms with Crippen LogP contribution in [0.4, 0.5) is 19.4 Å². The van der Waals surface area contributed by atoms with Crippen molar-refractivity contribution in [3.63, 3.8) is 0 Å². The number of hydrogen-bond acceptors (Lipinski definition) is 10. The molecule has 13 heteroatoms. The molecule has 0 radical (unpaired) electrons. The minimum atomic E-state index is -0.978. The number of aromatic nitrogens is 3. The molecule has 0 aliphatic carbocycles. The van der Waals surface area contributed by atoms with Crippen molar-refractivity contribution >= 4 is 34.5 Å². The van der Waals surface area contributed by atoms with Gasteiger partial charge in [-0.2, -0.15) is 9.97 Å². The third-order valence-corrected chi connectivity index (χ3v) is 9.61. The van der Waals surface area contributed by atoms with Crippen LogP contribution in [0.5, 0.6) is 6.01 Å². The highest BCUT2D eigenvalue weighted by Crippen LogP contribution is 2.41. The average molecular weight is 629 g/mol. The molecule has 0 unspecified atom stereocenters. The molecule has 10 nitrogen and oxygen atoms in total. The number of alkyl halides is 1. The summed E-state index contributed by atoms with van der Waals surface area (Å²) in [6.07, 6.45) is 2.94. The number of ether oxygens (including phenoxy) is 3. The van der Waals surface area contributed by atoms with Crippen molar-refractivity contribution in [2.75, 3.05) is 57.4 Å². The molecule has 0 amide bonds. The molecule has 3 aromatic rings. The first-order chi connectivity index (χ1) is 21.2. The molecule has 0 saturated carbocycles. The van der Waals surface area contributed by atoms with Gasteiger partial charge in [0, 0.05) is 49.4 Å². The summed E-state index contributed by atoms with van der Waals surface area (Å²) >= 11 is 6.59. The van der Waals surface area contributed by atoms with Gasteiger partial charge >= 0.3 is 12.2 Å². The molecule has 6 bridgehead atoms. The zero-order valence-electron chi connectivity index (χ0n) is 24.6. The second kappa shape index (κ2) is 11.5. The molecule has 0 spiro atoms. The lowest BCUT2D eigenvalue weighted by Crippen LogP contribution is -2.47. The topological polar surface area (TPSA) is 102 Å². The van der Waals surface area contributed by atoms with E-state index in [1.807, 2.05) is 11.8 Å². The van der Waals surface area contributed by atoms with Crippen molar-refractivity contribution in [3.8, 4) is 17.3 Å². The molecular weight excluding hydrogens is 594 g/mol. The predicted octanol–water partition coefficient (Wildman–Crippen LogP) is 4.71. The van der Waals surface area contributed by atoms with Crippen molar-refractivity contribution in [1.82, 2.24) is 25.2 Å². The van der Waals surface area contributed by atoms with E-state index in [-0.39, 0.29) is 37.0 Å². The van der Waals surface area contributed by atoms with Crippen LogP contribution < -0.4 is 15.0 Å². The molecule has 1 aromatic carbocycles. The molecule has 2 aromatic heterocycles. The number of anilines is 1. The Kier molecular flexibility index (Phi) is 7.70. The van der Waals surface area contributed by atoms with E-state index in [1.165, 1.54) is 0 Å². The van der Waals surface area contributed by atoms with Gasteiger partial charge in [0.05, 0.1) is 24.1 Å². The minimum Gasteiger partial charge on any atom is -0.461 e. The summed E-state index contributed by atoms with van der Waals surface area (Å²) < 4.78 is 48.6. The summed E-state index contributed by atoms with van der Waals surface area (Å²) in [6, 6.07) is 5.25. The number of fused-ring (bicyclic) bond motifs is 7. The molecule has 44 heavy (non-hydrogen) atoms. The standard InChI is InChI=1S/C31H35ClF2N6O4/c1-30-16-35-9-11-39(17-30)27-22-14-36-25(21-5-2-7-23(32)20(21)6-3-12-42-29(41)44-30)24(34)26(22)37-28(38-27)43-18-31-8-4-10-40(31)15-19(33)13-31/h2,5,7,14,19,35H,3-4,6,8-13,15-18H2,1H3/t19-,30-,31+/m1/s1. The number of halogens is 3. The quantitative estimate of drug-likeness (QED) is 0.411. The van der Waals surface area contributed by atoms with Crippen LogP contribution in [0.2, 0.25) is 5.02 Å². The van der Waals surface area contributed by atoms with Crippen molar-refractivity contribution in [2.24, 2.45) is 0 Å². The molecular formula is C31H35ClF2N6O4. The van der Waals surface area contributed by atoms with E-state index in [2.05, 4.69) is 20.2 Å². The number of carbonyl (C=O) groups is 1. The number of carbonyl (C=O) groups excluding carboxylic acids is 1. The highest BCUT2D eigenvalue weighted by atomic mass is 35.5. The molecule has 8 rings (SSSR count). The second-order valence-corrected chi connectivity index (χ2v) is 12.9. The number of pyridine rings is 1. The summed E-state index contributed by atoms with van der Waals surface area (Å²) in [5.41, 5.74) is -0.0248. The predicted molar refractivity (Wildman–Crippen MR) is 161 cm³/mol. The Balaban J connectivity index is 1.37.